The van der Waals surface area contributed by atoms with Crippen LogP contribution >= 0.6 is 0 Å². The molecule has 1 aliphatic heterocycles. The van der Waals surface area contributed by atoms with E-state index in [0.29, 0.717) is 35.6 Å². The van der Waals surface area contributed by atoms with Crippen LogP contribution in [0, 0.1) is 0 Å². The van der Waals surface area contributed by atoms with Crippen LogP contribution in [0.3, 0.4) is 0 Å². The number of benzene rings is 1. The Kier molecular flexibility index (Phi) is 5.39. The first-order valence-corrected chi connectivity index (χ1v) is 10.2. The van der Waals surface area contributed by atoms with Gasteiger partial charge in [0.1, 0.15) is 28.6 Å². The number of hydrogen-bond acceptors (Lipinski definition) is 8. The molecule has 0 bridgehead atoms. The van der Waals surface area contributed by atoms with E-state index >= 15 is 0 Å². The molecule has 0 radical (unpaired) electrons. The van der Waals surface area contributed by atoms with Gasteiger partial charge < -0.3 is 18.8 Å². The number of rotatable bonds is 4. The van der Waals surface area contributed by atoms with E-state index in [9.17, 15) is 9.59 Å². The zero-order chi connectivity index (χ0) is 22.2. The van der Waals surface area contributed by atoms with E-state index in [0.717, 1.165) is 6.42 Å². The molecule has 0 amide bonds. The standard InChI is InChI=1S/C23H25N3O5/c1-23(2,3)31-21(27)16-10-7-13-26(16)19-14(8-6-12-24-19)20-25-15-9-5-11-17(29-4)18(15)22(28)30-20/h5-6,8-9,11-12,16H,7,10,13H2,1-4H3/t16-/m1/s1. The number of fused-ring (bicyclic) bond motifs is 1. The minimum absolute atomic E-state index is 0.142. The molecule has 1 atom stereocenters. The molecule has 0 aliphatic carbocycles. The number of nitrogens with zero attached hydrogens (tertiary/aromatic N) is 3. The molecular formula is C23H25N3O5. The van der Waals surface area contributed by atoms with E-state index in [-0.39, 0.29) is 17.2 Å². The highest BCUT2D eigenvalue weighted by molar-refractivity contribution is 5.86. The highest BCUT2D eigenvalue weighted by Gasteiger charge is 2.36. The lowest BCUT2D eigenvalue weighted by molar-refractivity contribution is -0.156. The fourth-order valence-corrected chi connectivity index (χ4v) is 3.80. The van der Waals surface area contributed by atoms with Gasteiger partial charge in [-0.2, -0.15) is 0 Å². The van der Waals surface area contributed by atoms with Crippen molar-refractivity contribution < 1.29 is 18.7 Å². The van der Waals surface area contributed by atoms with Gasteiger partial charge in [-0.3, -0.25) is 0 Å². The Morgan fingerprint density at radius 1 is 1.23 bits per heavy atom. The molecule has 3 aromatic rings. The molecule has 0 saturated carbocycles. The zero-order valence-corrected chi connectivity index (χ0v) is 18.0. The van der Waals surface area contributed by atoms with Crippen LogP contribution in [0.25, 0.3) is 22.4 Å². The fraction of sp³-hybridized carbons (Fsp3) is 0.391. The molecule has 0 N–H and O–H groups in total. The van der Waals surface area contributed by atoms with E-state index in [2.05, 4.69) is 9.97 Å². The number of ether oxygens (including phenoxy) is 2. The Hall–Kier alpha value is -3.42. The van der Waals surface area contributed by atoms with Crippen molar-refractivity contribution in [3.05, 3.63) is 46.9 Å². The quantitative estimate of drug-likeness (QED) is 0.588. The maximum Gasteiger partial charge on any atom is 0.350 e. The summed E-state index contributed by atoms with van der Waals surface area (Å²) in [5.74, 6) is 0.790. The van der Waals surface area contributed by atoms with Crippen LogP contribution in [0.1, 0.15) is 33.6 Å². The van der Waals surface area contributed by atoms with E-state index in [1.54, 1.807) is 36.5 Å². The molecular weight excluding hydrogens is 398 g/mol. The predicted octanol–water partition coefficient (Wildman–Crippen LogP) is 3.57. The molecule has 4 rings (SSSR count). The molecule has 1 fully saturated rings. The molecule has 162 valence electrons. The Balaban J connectivity index is 1.78. The molecule has 1 saturated heterocycles. The average molecular weight is 423 g/mol. The first-order valence-electron chi connectivity index (χ1n) is 10.2. The fourth-order valence-electron chi connectivity index (χ4n) is 3.80. The number of carbonyl (C=O) groups is 1. The van der Waals surface area contributed by atoms with Gasteiger partial charge in [0.15, 0.2) is 0 Å². The smallest absolute Gasteiger partial charge is 0.350 e. The van der Waals surface area contributed by atoms with E-state index in [4.69, 9.17) is 13.9 Å². The van der Waals surface area contributed by atoms with Gasteiger partial charge in [-0.25, -0.2) is 19.6 Å². The summed E-state index contributed by atoms with van der Waals surface area (Å²) in [6.07, 6.45) is 3.13. The Morgan fingerprint density at radius 3 is 2.77 bits per heavy atom. The third kappa shape index (κ3) is 4.10. The summed E-state index contributed by atoms with van der Waals surface area (Å²) in [4.78, 5) is 36.5. The SMILES string of the molecule is COc1cccc2nc(-c3cccnc3N3CCC[C@@H]3C(=O)OC(C)(C)C)oc(=O)c12. The third-order valence-electron chi connectivity index (χ3n) is 5.06. The summed E-state index contributed by atoms with van der Waals surface area (Å²) in [7, 11) is 1.49. The Bertz CT molecular complexity index is 1180. The van der Waals surface area contributed by atoms with Crippen molar-refractivity contribution in [2.75, 3.05) is 18.6 Å². The normalized spacial score (nSPS) is 16.5. The highest BCUT2D eigenvalue weighted by Crippen LogP contribution is 2.34. The summed E-state index contributed by atoms with van der Waals surface area (Å²) >= 11 is 0. The number of aromatic nitrogens is 2. The monoisotopic (exact) mass is 423 g/mol. The van der Waals surface area contributed by atoms with E-state index < -0.39 is 17.3 Å². The first kappa shape index (κ1) is 20.8. The molecule has 3 heterocycles. The van der Waals surface area contributed by atoms with Gasteiger partial charge >= 0.3 is 11.6 Å². The lowest BCUT2D eigenvalue weighted by Gasteiger charge is -2.28. The lowest BCUT2D eigenvalue weighted by Crippen LogP contribution is -2.41. The van der Waals surface area contributed by atoms with Gasteiger partial charge in [0.2, 0.25) is 5.89 Å². The zero-order valence-electron chi connectivity index (χ0n) is 18.0. The Labute approximate surface area is 179 Å². The van der Waals surface area contributed by atoms with Crippen molar-refractivity contribution in [1.82, 2.24) is 9.97 Å². The minimum atomic E-state index is -0.579. The van der Waals surface area contributed by atoms with E-state index in [1.165, 1.54) is 7.11 Å². The molecule has 0 unspecified atom stereocenters. The molecule has 2 aromatic heterocycles. The second kappa shape index (κ2) is 8.02. The summed E-state index contributed by atoms with van der Waals surface area (Å²) < 4.78 is 16.4. The number of carbonyl (C=O) groups excluding carboxylic acids is 1. The molecule has 31 heavy (non-hydrogen) atoms. The van der Waals surface area contributed by atoms with Crippen LogP contribution in [0.5, 0.6) is 5.75 Å². The second-order valence-corrected chi connectivity index (χ2v) is 8.42. The topological polar surface area (TPSA) is 94.8 Å². The largest absolute Gasteiger partial charge is 0.496 e. The van der Waals surface area contributed by atoms with Crippen LogP contribution in [0.4, 0.5) is 5.82 Å². The molecule has 1 aromatic carbocycles. The number of methoxy groups -OCH3 is 1. The Morgan fingerprint density at radius 2 is 2.03 bits per heavy atom. The number of hydrogen-bond donors (Lipinski definition) is 0. The lowest BCUT2D eigenvalue weighted by atomic mass is 10.1. The number of pyridine rings is 1. The maximum absolute atomic E-state index is 12.8. The van der Waals surface area contributed by atoms with Crippen molar-refractivity contribution >= 4 is 22.7 Å². The molecule has 8 nitrogen and oxygen atoms in total. The van der Waals surface area contributed by atoms with Crippen LogP contribution in [-0.4, -0.2) is 41.2 Å². The molecule has 1 aliphatic rings. The minimum Gasteiger partial charge on any atom is -0.496 e. The van der Waals surface area contributed by atoms with Gasteiger partial charge in [0.25, 0.3) is 0 Å². The van der Waals surface area contributed by atoms with Crippen molar-refractivity contribution in [3.63, 3.8) is 0 Å². The molecule has 0 spiro atoms. The van der Waals surface area contributed by atoms with Crippen molar-refractivity contribution in [2.45, 2.75) is 45.3 Å². The van der Waals surface area contributed by atoms with Crippen LogP contribution in [0.2, 0.25) is 0 Å². The van der Waals surface area contributed by atoms with Gasteiger partial charge in [-0.1, -0.05) is 6.07 Å². The predicted molar refractivity (Wildman–Crippen MR) is 116 cm³/mol. The summed E-state index contributed by atoms with van der Waals surface area (Å²) in [6.45, 7) is 6.18. The summed E-state index contributed by atoms with van der Waals surface area (Å²) in [5.41, 5.74) is -0.119. The van der Waals surface area contributed by atoms with Crippen molar-refractivity contribution in [3.8, 4) is 17.2 Å². The average Bonchev–Trinajstić information content (AvgIpc) is 3.22. The van der Waals surface area contributed by atoms with Crippen LogP contribution in [-0.2, 0) is 9.53 Å². The summed E-state index contributed by atoms with van der Waals surface area (Å²) in [6, 6.07) is 8.25. The van der Waals surface area contributed by atoms with Gasteiger partial charge in [-0.05, 0) is 57.9 Å². The number of esters is 1. The van der Waals surface area contributed by atoms with Crippen LogP contribution in [0.15, 0.2) is 45.7 Å². The first-order chi connectivity index (χ1) is 14.8. The van der Waals surface area contributed by atoms with Gasteiger partial charge in [0.05, 0.1) is 18.2 Å². The summed E-state index contributed by atoms with van der Waals surface area (Å²) in [5, 5.41) is 0.284. The number of anilines is 1. The third-order valence-corrected chi connectivity index (χ3v) is 5.06. The van der Waals surface area contributed by atoms with Crippen molar-refractivity contribution in [2.24, 2.45) is 0 Å². The second-order valence-electron chi connectivity index (χ2n) is 8.42. The molecule has 8 heteroatoms. The van der Waals surface area contributed by atoms with Crippen LogP contribution < -0.4 is 15.3 Å². The maximum atomic E-state index is 12.8. The van der Waals surface area contributed by atoms with Gasteiger partial charge in [-0.15, -0.1) is 0 Å². The van der Waals surface area contributed by atoms with Crippen molar-refractivity contribution in [1.29, 1.82) is 0 Å². The highest BCUT2D eigenvalue weighted by atomic mass is 16.6. The van der Waals surface area contributed by atoms with E-state index in [1.807, 2.05) is 25.7 Å². The van der Waals surface area contributed by atoms with Gasteiger partial charge in [0, 0.05) is 12.7 Å².